The van der Waals surface area contributed by atoms with Gasteiger partial charge in [0.2, 0.25) is 0 Å². The number of nitrogens with one attached hydrogen (secondary N) is 1. The van der Waals surface area contributed by atoms with E-state index in [0.29, 0.717) is 5.56 Å². The van der Waals surface area contributed by atoms with Gasteiger partial charge in [0, 0.05) is 11.9 Å². The van der Waals surface area contributed by atoms with Gasteiger partial charge in [-0.25, -0.2) is 0 Å². The molecular formula is C17H20N2O. The number of aryl methyl sites for hydroxylation is 1. The van der Waals surface area contributed by atoms with Crippen LogP contribution >= 0.6 is 0 Å². The Hall–Kier alpha value is -2.16. The molecule has 3 nitrogen and oxygen atoms in total. The summed E-state index contributed by atoms with van der Waals surface area (Å²) in [6.45, 7) is 4.03. The molecule has 0 aliphatic heterocycles. The highest BCUT2D eigenvalue weighted by atomic mass is 16.1. The summed E-state index contributed by atoms with van der Waals surface area (Å²) in [7, 11) is 0. The highest BCUT2D eigenvalue weighted by Gasteiger charge is 2.14. The van der Waals surface area contributed by atoms with Gasteiger partial charge in [0.05, 0.1) is 11.6 Å². The number of hydrogen-bond donors (Lipinski definition) is 1. The number of carbonyl (C=O) groups is 1. The van der Waals surface area contributed by atoms with E-state index in [2.05, 4.69) is 17.2 Å². The van der Waals surface area contributed by atoms with Gasteiger partial charge >= 0.3 is 0 Å². The van der Waals surface area contributed by atoms with E-state index in [-0.39, 0.29) is 11.9 Å². The van der Waals surface area contributed by atoms with E-state index in [9.17, 15) is 4.79 Å². The Balaban J connectivity index is 2.12. The van der Waals surface area contributed by atoms with E-state index < -0.39 is 0 Å². The molecule has 0 bridgehead atoms. The molecule has 0 fully saturated rings. The van der Waals surface area contributed by atoms with Gasteiger partial charge in [-0.15, -0.1) is 0 Å². The third kappa shape index (κ3) is 3.67. The number of benzene rings is 1. The summed E-state index contributed by atoms with van der Waals surface area (Å²) in [4.78, 5) is 16.4. The van der Waals surface area contributed by atoms with Crippen LogP contribution in [0, 0.1) is 6.92 Å². The van der Waals surface area contributed by atoms with Crippen LogP contribution in [0.3, 0.4) is 0 Å². The van der Waals surface area contributed by atoms with Crippen LogP contribution in [0.4, 0.5) is 0 Å². The molecule has 2 rings (SSSR count). The molecule has 1 amide bonds. The first-order valence-corrected chi connectivity index (χ1v) is 6.99. The lowest BCUT2D eigenvalue weighted by atomic mass is 10.0. The maximum absolute atomic E-state index is 12.3. The van der Waals surface area contributed by atoms with Crippen molar-refractivity contribution >= 4 is 5.91 Å². The van der Waals surface area contributed by atoms with Crippen molar-refractivity contribution in [1.82, 2.24) is 10.3 Å². The van der Waals surface area contributed by atoms with E-state index in [1.807, 2.05) is 49.4 Å². The molecule has 3 heteroatoms. The normalized spacial score (nSPS) is 11.9. The first-order valence-electron chi connectivity index (χ1n) is 6.99. The van der Waals surface area contributed by atoms with Crippen molar-refractivity contribution in [3.05, 3.63) is 65.5 Å². The number of hydrogen-bond acceptors (Lipinski definition) is 2. The van der Waals surface area contributed by atoms with Crippen molar-refractivity contribution in [3.8, 4) is 0 Å². The number of amides is 1. The van der Waals surface area contributed by atoms with Crippen LogP contribution in [-0.4, -0.2) is 10.9 Å². The molecule has 0 unspecified atom stereocenters. The molecule has 20 heavy (non-hydrogen) atoms. The van der Waals surface area contributed by atoms with Crippen molar-refractivity contribution in [1.29, 1.82) is 0 Å². The van der Waals surface area contributed by atoms with Gasteiger partial charge in [-0.2, -0.15) is 0 Å². The van der Waals surface area contributed by atoms with Crippen molar-refractivity contribution in [2.24, 2.45) is 0 Å². The van der Waals surface area contributed by atoms with Crippen LogP contribution in [-0.2, 0) is 0 Å². The Morgan fingerprint density at radius 2 is 1.95 bits per heavy atom. The molecule has 0 spiro atoms. The number of carbonyl (C=O) groups excluding carboxylic acids is 1. The maximum atomic E-state index is 12.3. The fourth-order valence-corrected chi connectivity index (χ4v) is 2.14. The van der Waals surface area contributed by atoms with E-state index in [0.717, 1.165) is 24.1 Å². The van der Waals surface area contributed by atoms with Crippen molar-refractivity contribution in [2.45, 2.75) is 32.7 Å². The van der Waals surface area contributed by atoms with E-state index in [1.54, 1.807) is 6.20 Å². The fourth-order valence-electron chi connectivity index (χ4n) is 2.14. The van der Waals surface area contributed by atoms with Crippen molar-refractivity contribution in [2.75, 3.05) is 0 Å². The van der Waals surface area contributed by atoms with Gasteiger partial charge < -0.3 is 5.32 Å². The lowest BCUT2D eigenvalue weighted by Gasteiger charge is -2.18. The second kappa shape index (κ2) is 6.85. The van der Waals surface area contributed by atoms with Crippen LogP contribution in [0.15, 0.2) is 48.7 Å². The number of pyridine rings is 1. The standard InChI is InChI=1S/C17H20N2O/c1-3-7-16(14-8-5-4-6-9-14)19-17(20)15-11-10-13(2)18-12-15/h4-6,8-12,16H,3,7H2,1-2H3,(H,19,20)/t16-/m1/s1. The Labute approximate surface area is 120 Å². The van der Waals surface area contributed by atoms with Gasteiger partial charge in [-0.05, 0) is 31.0 Å². The molecule has 1 atom stereocenters. The van der Waals surface area contributed by atoms with Gasteiger partial charge in [-0.1, -0.05) is 43.7 Å². The van der Waals surface area contributed by atoms with Crippen LogP contribution in [0.1, 0.15) is 47.4 Å². The fraction of sp³-hybridized carbons (Fsp3) is 0.294. The van der Waals surface area contributed by atoms with Crippen LogP contribution in [0.5, 0.6) is 0 Å². The molecule has 1 N–H and O–H groups in total. The lowest BCUT2D eigenvalue weighted by molar-refractivity contribution is 0.0934. The summed E-state index contributed by atoms with van der Waals surface area (Å²) in [5, 5.41) is 3.09. The number of aromatic nitrogens is 1. The predicted octanol–water partition coefficient (Wildman–Crippen LogP) is 3.66. The molecular weight excluding hydrogens is 248 g/mol. The van der Waals surface area contributed by atoms with E-state index in [4.69, 9.17) is 0 Å². The summed E-state index contributed by atoms with van der Waals surface area (Å²) in [6, 6.07) is 13.8. The van der Waals surface area contributed by atoms with E-state index in [1.165, 1.54) is 0 Å². The van der Waals surface area contributed by atoms with Gasteiger partial charge in [0.15, 0.2) is 0 Å². The summed E-state index contributed by atoms with van der Waals surface area (Å²) in [6.07, 6.45) is 3.57. The zero-order chi connectivity index (χ0) is 14.4. The molecule has 1 aromatic carbocycles. The molecule has 1 heterocycles. The molecule has 1 aromatic heterocycles. The van der Waals surface area contributed by atoms with Gasteiger partial charge in [0.1, 0.15) is 0 Å². The van der Waals surface area contributed by atoms with Crippen LogP contribution in [0.2, 0.25) is 0 Å². The number of nitrogens with zero attached hydrogens (tertiary/aromatic N) is 1. The Bertz CT molecular complexity index is 549. The minimum absolute atomic E-state index is 0.0509. The third-order valence-electron chi connectivity index (χ3n) is 3.26. The second-order valence-corrected chi connectivity index (χ2v) is 4.91. The highest BCUT2D eigenvalue weighted by molar-refractivity contribution is 5.94. The largest absolute Gasteiger partial charge is 0.345 e. The first-order chi connectivity index (χ1) is 9.70. The lowest BCUT2D eigenvalue weighted by Crippen LogP contribution is -2.28. The molecule has 2 aromatic rings. The van der Waals surface area contributed by atoms with Crippen molar-refractivity contribution < 1.29 is 4.79 Å². The molecule has 0 aliphatic carbocycles. The molecule has 0 radical (unpaired) electrons. The first kappa shape index (κ1) is 14.3. The summed E-state index contributed by atoms with van der Waals surface area (Å²) >= 11 is 0. The number of rotatable bonds is 5. The predicted molar refractivity (Wildman–Crippen MR) is 80.5 cm³/mol. The summed E-state index contributed by atoms with van der Waals surface area (Å²) in [5.74, 6) is -0.0696. The maximum Gasteiger partial charge on any atom is 0.253 e. The van der Waals surface area contributed by atoms with Crippen molar-refractivity contribution in [3.63, 3.8) is 0 Å². The average molecular weight is 268 g/mol. The van der Waals surface area contributed by atoms with Crippen LogP contribution in [0.25, 0.3) is 0 Å². The smallest absolute Gasteiger partial charge is 0.253 e. The average Bonchev–Trinajstić information content (AvgIpc) is 2.48. The highest BCUT2D eigenvalue weighted by Crippen LogP contribution is 2.18. The minimum atomic E-state index is -0.0696. The Kier molecular flexibility index (Phi) is 4.88. The third-order valence-corrected chi connectivity index (χ3v) is 3.26. The Morgan fingerprint density at radius 3 is 2.55 bits per heavy atom. The Morgan fingerprint density at radius 1 is 1.20 bits per heavy atom. The zero-order valence-electron chi connectivity index (χ0n) is 12.0. The quantitative estimate of drug-likeness (QED) is 0.899. The van der Waals surface area contributed by atoms with Crippen LogP contribution < -0.4 is 5.32 Å². The molecule has 0 saturated carbocycles. The summed E-state index contributed by atoms with van der Waals surface area (Å²) < 4.78 is 0. The SMILES string of the molecule is CCC[C@@H](NC(=O)c1ccc(C)nc1)c1ccccc1. The second-order valence-electron chi connectivity index (χ2n) is 4.91. The molecule has 104 valence electrons. The summed E-state index contributed by atoms with van der Waals surface area (Å²) in [5.41, 5.74) is 2.66. The molecule has 0 aliphatic rings. The monoisotopic (exact) mass is 268 g/mol. The van der Waals surface area contributed by atoms with E-state index >= 15 is 0 Å². The molecule has 0 saturated heterocycles. The van der Waals surface area contributed by atoms with Gasteiger partial charge in [0.25, 0.3) is 5.91 Å². The topological polar surface area (TPSA) is 42.0 Å². The zero-order valence-corrected chi connectivity index (χ0v) is 12.0. The minimum Gasteiger partial charge on any atom is -0.345 e. The van der Waals surface area contributed by atoms with Gasteiger partial charge in [-0.3, -0.25) is 9.78 Å².